The van der Waals surface area contributed by atoms with Crippen molar-refractivity contribution in [1.82, 2.24) is 0 Å². The van der Waals surface area contributed by atoms with Crippen molar-refractivity contribution in [3.05, 3.63) is 77.4 Å². The summed E-state index contributed by atoms with van der Waals surface area (Å²) in [5.41, 5.74) is 3.56. The maximum Gasteiger partial charge on any atom is 0.262 e. The Labute approximate surface area is 187 Å². The quantitative estimate of drug-likeness (QED) is 0.542. The van der Waals surface area contributed by atoms with Crippen LogP contribution in [0.1, 0.15) is 21.5 Å². The number of anilines is 2. The standard InChI is InChI=1S/C25H26N2O5/c1-16-10-11-19(12-17(16)2)32-15-24(28)26-20-13-23(31-4)21(14-22(20)30-3)27-25(29)18-8-6-5-7-9-18/h5-14H,15H2,1-4H3,(H,26,28)(H,27,29). The minimum atomic E-state index is -0.357. The van der Waals surface area contributed by atoms with E-state index in [0.717, 1.165) is 11.1 Å². The molecule has 0 aliphatic rings. The summed E-state index contributed by atoms with van der Waals surface area (Å²) in [5, 5.41) is 5.57. The van der Waals surface area contributed by atoms with E-state index in [1.54, 1.807) is 36.4 Å². The van der Waals surface area contributed by atoms with Crippen LogP contribution >= 0.6 is 0 Å². The molecule has 166 valence electrons. The first-order valence-electron chi connectivity index (χ1n) is 10.0. The van der Waals surface area contributed by atoms with Crippen LogP contribution in [0.4, 0.5) is 11.4 Å². The molecule has 3 aromatic rings. The maximum absolute atomic E-state index is 12.5. The van der Waals surface area contributed by atoms with E-state index in [1.807, 2.05) is 38.1 Å². The van der Waals surface area contributed by atoms with E-state index in [1.165, 1.54) is 14.2 Å². The number of amides is 2. The molecule has 0 atom stereocenters. The molecule has 0 spiro atoms. The van der Waals surface area contributed by atoms with Gasteiger partial charge in [0, 0.05) is 17.7 Å². The summed E-state index contributed by atoms with van der Waals surface area (Å²) in [4.78, 5) is 25.0. The monoisotopic (exact) mass is 434 g/mol. The van der Waals surface area contributed by atoms with Crippen molar-refractivity contribution in [2.75, 3.05) is 31.5 Å². The van der Waals surface area contributed by atoms with Gasteiger partial charge in [0.05, 0.1) is 25.6 Å². The summed E-state index contributed by atoms with van der Waals surface area (Å²) in [6, 6.07) is 17.7. The molecule has 7 nitrogen and oxygen atoms in total. The summed E-state index contributed by atoms with van der Waals surface area (Å²) in [7, 11) is 2.96. The first-order valence-corrected chi connectivity index (χ1v) is 10.0. The zero-order chi connectivity index (χ0) is 23.1. The van der Waals surface area contributed by atoms with Crippen LogP contribution in [0.3, 0.4) is 0 Å². The lowest BCUT2D eigenvalue weighted by Crippen LogP contribution is -2.21. The average Bonchev–Trinajstić information content (AvgIpc) is 2.81. The third-order valence-corrected chi connectivity index (χ3v) is 4.93. The first-order chi connectivity index (χ1) is 15.4. The minimum absolute atomic E-state index is 0.166. The molecule has 0 radical (unpaired) electrons. The fraction of sp³-hybridized carbons (Fsp3) is 0.200. The molecular formula is C25H26N2O5. The average molecular weight is 434 g/mol. The van der Waals surface area contributed by atoms with Gasteiger partial charge in [0.15, 0.2) is 6.61 Å². The van der Waals surface area contributed by atoms with Crippen molar-refractivity contribution in [3.8, 4) is 17.2 Å². The van der Waals surface area contributed by atoms with Crippen molar-refractivity contribution in [2.45, 2.75) is 13.8 Å². The normalized spacial score (nSPS) is 10.2. The third-order valence-electron chi connectivity index (χ3n) is 4.93. The Kier molecular flexibility index (Phi) is 7.33. The molecule has 0 unspecified atom stereocenters. The van der Waals surface area contributed by atoms with E-state index >= 15 is 0 Å². The van der Waals surface area contributed by atoms with Crippen molar-refractivity contribution < 1.29 is 23.8 Å². The largest absolute Gasteiger partial charge is 0.494 e. The molecule has 0 aromatic heterocycles. The summed E-state index contributed by atoms with van der Waals surface area (Å²) in [6.07, 6.45) is 0. The highest BCUT2D eigenvalue weighted by molar-refractivity contribution is 6.05. The molecule has 0 heterocycles. The van der Waals surface area contributed by atoms with Gasteiger partial charge in [0.2, 0.25) is 0 Å². The molecule has 2 N–H and O–H groups in total. The van der Waals surface area contributed by atoms with Crippen LogP contribution in [-0.4, -0.2) is 32.6 Å². The number of benzene rings is 3. The van der Waals surface area contributed by atoms with Gasteiger partial charge in [0.25, 0.3) is 11.8 Å². The third kappa shape index (κ3) is 5.57. The molecule has 2 amide bonds. The molecule has 3 rings (SSSR count). The van der Waals surface area contributed by atoms with Crippen molar-refractivity contribution in [1.29, 1.82) is 0 Å². The van der Waals surface area contributed by atoms with Gasteiger partial charge in [-0.25, -0.2) is 0 Å². The van der Waals surface area contributed by atoms with Gasteiger partial charge in [-0.1, -0.05) is 24.3 Å². The topological polar surface area (TPSA) is 85.9 Å². The van der Waals surface area contributed by atoms with Crippen LogP contribution in [0.5, 0.6) is 17.2 Å². The Morgan fingerprint density at radius 1 is 0.781 bits per heavy atom. The minimum Gasteiger partial charge on any atom is -0.494 e. The number of carbonyl (C=O) groups excluding carboxylic acids is 2. The lowest BCUT2D eigenvalue weighted by Gasteiger charge is -2.16. The molecule has 0 fully saturated rings. The number of hydrogen-bond donors (Lipinski definition) is 2. The van der Waals surface area contributed by atoms with Gasteiger partial charge in [-0.05, 0) is 49.2 Å². The molecule has 3 aromatic carbocycles. The summed E-state index contributed by atoms with van der Waals surface area (Å²) >= 11 is 0. The van der Waals surface area contributed by atoms with Gasteiger partial charge in [0.1, 0.15) is 17.2 Å². The molecule has 0 bridgehead atoms. The van der Waals surface area contributed by atoms with Crippen molar-refractivity contribution in [3.63, 3.8) is 0 Å². The molecular weight excluding hydrogens is 408 g/mol. The second kappa shape index (κ2) is 10.3. The molecule has 7 heteroatoms. The summed E-state index contributed by atoms with van der Waals surface area (Å²) in [6.45, 7) is 3.83. The molecule has 0 aliphatic heterocycles. The van der Waals surface area contributed by atoms with Gasteiger partial charge >= 0.3 is 0 Å². The molecule has 0 saturated heterocycles. The van der Waals surface area contributed by atoms with Gasteiger partial charge in [-0.2, -0.15) is 0 Å². The fourth-order valence-corrected chi connectivity index (χ4v) is 3.02. The van der Waals surface area contributed by atoms with Crippen LogP contribution in [0.2, 0.25) is 0 Å². The Bertz CT molecular complexity index is 1110. The predicted molar refractivity (Wildman–Crippen MR) is 124 cm³/mol. The zero-order valence-electron chi connectivity index (χ0n) is 18.5. The van der Waals surface area contributed by atoms with Crippen molar-refractivity contribution >= 4 is 23.2 Å². The van der Waals surface area contributed by atoms with Crippen LogP contribution in [0, 0.1) is 13.8 Å². The zero-order valence-corrected chi connectivity index (χ0v) is 18.5. The number of methoxy groups -OCH3 is 2. The van der Waals surface area contributed by atoms with E-state index < -0.39 is 0 Å². The second-order valence-electron chi connectivity index (χ2n) is 7.16. The van der Waals surface area contributed by atoms with Crippen LogP contribution < -0.4 is 24.8 Å². The van der Waals surface area contributed by atoms with Gasteiger partial charge in [-0.3, -0.25) is 9.59 Å². The fourth-order valence-electron chi connectivity index (χ4n) is 3.02. The Hall–Kier alpha value is -4.00. The number of aryl methyl sites for hydroxylation is 2. The van der Waals surface area contributed by atoms with Crippen molar-refractivity contribution in [2.24, 2.45) is 0 Å². The Morgan fingerprint density at radius 2 is 1.41 bits per heavy atom. The Balaban J connectivity index is 1.72. The second-order valence-corrected chi connectivity index (χ2v) is 7.16. The number of hydrogen-bond acceptors (Lipinski definition) is 5. The molecule has 32 heavy (non-hydrogen) atoms. The van der Waals surface area contributed by atoms with E-state index in [-0.39, 0.29) is 18.4 Å². The van der Waals surface area contributed by atoms with Crippen LogP contribution in [-0.2, 0) is 4.79 Å². The van der Waals surface area contributed by atoms with E-state index in [2.05, 4.69) is 10.6 Å². The highest BCUT2D eigenvalue weighted by Gasteiger charge is 2.16. The van der Waals surface area contributed by atoms with E-state index in [0.29, 0.717) is 34.2 Å². The molecule has 0 saturated carbocycles. The number of ether oxygens (including phenoxy) is 3. The first kappa shape index (κ1) is 22.7. The summed E-state index contributed by atoms with van der Waals surface area (Å²) in [5.74, 6) is 0.718. The lowest BCUT2D eigenvalue weighted by atomic mass is 10.1. The van der Waals surface area contributed by atoms with E-state index in [4.69, 9.17) is 14.2 Å². The number of carbonyl (C=O) groups is 2. The van der Waals surface area contributed by atoms with Gasteiger partial charge < -0.3 is 24.8 Å². The maximum atomic E-state index is 12.5. The summed E-state index contributed by atoms with van der Waals surface area (Å²) < 4.78 is 16.4. The smallest absolute Gasteiger partial charge is 0.262 e. The number of rotatable bonds is 8. The Morgan fingerprint density at radius 3 is 2.00 bits per heavy atom. The number of nitrogens with one attached hydrogen (secondary N) is 2. The van der Waals surface area contributed by atoms with Gasteiger partial charge in [-0.15, -0.1) is 0 Å². The van der Waals surface area contributed by atoms with Crippen LogP contribution in [0.25, 0.3) is 0 Å². The SMILES string of the molecule is COc1cc(NC(=O)c2ccccc2)c(OC)cc1NC(=O)COc1ccc(C)c(C)c1. The highest BCUT2D eigenvalue weighted by atomic mass is 16.5. The lowest BCUT2D eigenvalue weighted by molar-refractivity contribution is -0.118. The predicted octanol–water partition coefficient (Wildman–Crippen LogP) is 4.59. The highest BCUT2D eigenvalue weighted by Crippen LogP contribution is 2.36. The molecule has 0 aliphatic carbocycles. The van der Waals surface area contributed by atoms with E-state index in [9.17, 15) is 9.59 Å². The van der Waals surface area contributed by atoms with Crippen LogP contribution in [0.15, 0.2) is 60.7 Å².